The first kappa shape index (κ1) is 15.9. The molecular weight excluding hydrogens is 314 g/mol. The second kappa shape index (κ2) is 6.75. The van der Waals surface area contributed by atoms with E-state index in [1.807, 2.05) is 29.3 Å². The van der Waals surface area contributed by atoms with Crippen LogP contribution in [0.25, 0.3) is 0 Å². The lowest BCUT2D eigenvalue weighted by Crippen LogP contribution is -2.30. The molecule has 2 aromatic rings. The molecule has 0 bridgehead atoms. The lowest BCUT2D eigenvalue weighted by atomic mass is 10.0. The van der Waals surface area contributed by atoms with Crippen LogP contribution < -0.4 is 5.32 Å². The molecule has 0 radical (unpaired) electrons. The molecule has 0 saturated carbocycles. The zero-order valence-corrected chi connectivity index (χ0v) is 14.3. The zero-order chi connectivity index (χ0) is 17.2. The number of nitrogens with zero attached hydrogens (tertiary/aromatic N) is 1. The predicted octanol–water partition coefficient (Wildman–Crippen LogP) is 3.20. The van der Waals surface area contributed by atoms with Crippen molar-refractivity contribution in [2.24, 2.45) is 0 Å². The highest BCUT2D eigenvalue weighted by Gasteiger charge is 2.29. The molecule has 3 heterocycles. The van der Waals surface area contributed by atoms with Gasteiger partial charge in [0.2, 0.25) is 11.8 Å². The maximum absolute atomic E-state index is 12.6. The second-order valence-corrected chi connectivity index (χ2v) is 6.94. The number of rotatable bonds is 5. The number of anilines is 1. The minimum Gasteiger partial charge on any atom is -0.363 e. The average molecular weight is 337 g/mol. The van der Waals surface area contributed by atoms with E-state index >= 15 is 0 Å². The number of likely N-dealkylation sites (tertiary alicyclic amines) is 1. The molecule has 0 spiro atoms. The molecule has 5 heteroatoms. The van der Waals surface area contributed by atoms with Crippen molar-refractivity contribution >= 4 is 17.5 Å². The molecule has 1 atom stereocenters. The lowest BCUT2D eigenvalue weighted by molar-refractivity contribution is -0.132. The van der Waals surface area contributed by atoms with Crippen LogP contribution in [0, 0.1) is 0 Å². The Bertz CT molecular complexity index is 782. The van der Waals surface area contributed by atoms with Crippen LogP contribution in [-0.2, 0) is 22.4 Å². The largest absolute Gasteiger partial charge is 0.363 e. The van der Waals surface area contributed by atoms with Gasteiger partial charge in [0.25, 0.3) is 0 Å². The van der Waals surface area contributed by atoms with Crippen LogP contribution >= 0.6 is 0 Å². The Kier molecular flexibility index (Phi) is 4.30. The number of benzene rings is 1. The summed E-state index contributed by atoms with van der Waals surface area (Å²) in [5.41, 5.74) is 4.34. The van der Waals surface area contributed by atoms with Gasteiger partial charge in [-0.05, 0) is 55.0 Å². The minimum atomic E-state index is 0.0618. The summed E-state index contributed by atoms with van der Waals surface area (Å²) in [6, 6.07) is 10.4. The van der Waals surface area contributed by atoms with E-state index in [0.717, 1.165) is 49.2 Å². The Morgan fingerprint density at radius 1 is 1.28 bits per heavy atom. The topological polar surface area (TPSA) is 65.2 Å². The predicted molar refractivity (Wildman–Crippen MR) is 96.2 cm³/mol. The fourth-order valence-electron chi connectivity index (χ4n) is 3.97. The Labute approximate surface area is 147 Å². The number of aryl methyl sites for hydroxylation is 1. The number of carbonyl (C=O) groups excluding carboxylic acids is 2. The van der Waals surface area contributed by atoms with Crippen molar-refractivity contribution in [2.45, 2.75) is 44.6 Å². The molecule has 4 rings (SSSR count). The highest BCUT2D eigenvalue weighted by atomic mass is 16.2. The standard InChI is InChI=1S/C20H23N3O2/c24-19-13-15-12-14(8-9-16(15)22-19)4-1-7-20(25)23-11-3-6-18(23)17-5-2-10-21-17/h2,5,8-10,12,18,21H,1,3-4,6-7,11,13H2,(H,22,24). The van der Waals surface area contributed by atoms with E-state index in [1.165, 1.54) is 5.56 Å². The molecule has 2 amide bonds. The van der Waals surface area contributed by atoms with Crippen LogP contribution in [0.3, 0.4) is 0 Å². The maximum Gasteiger partial charge on any atom is 0.228 e. The first-order valence-corrected chi connectivity index (χ1v) is 9.05. The average Bonchev–Trinajstić information content (AvgIpc) is 3.33. The van der Waals surface area contributed by atoms with Gasteiger partial charge in [0.05, 0.1) is 12.5 Å². The highest BCUT2D eigenvalue weighted by molar-refractivity contribution is 5.99. The van der Waals surface area contributed by atoms with Gasteiger partial charge in [0, 0.05) is 30.5 Å². The molecule has 2 N–H and O–H groups in total. The number of hydrogen-bond acceptors (Lipinski definition) is 2. The van der Waals surface area contributed by atoms with Gasteiger partial charge in [0.15, 0.2) is 0 Å². The molecule has 0 aliphatic carbocycles. The monoisotopic (exact) mass is 337 g/mol. The molecule has 130 valence electrons. The van der Waals surface area contributed by atoms with Crippen LogP contribution in [0.15, 0.2) is 36.5 Å². The molecule has 2 aliphatic rings. The highest BCUT2D eigenvalue weighted by Crippen LogP contribution is 2.31. The van der Waals surface area contributed by atoms with Gasteiger partial charge in [-0.25, -0.2) is 0 Å². The molecule has 5 nitrogen and oxygen atoms in total. The number of nitrogens with one attached hydrogen (secondary N) is 2. The van der Waals surface area contributed by atoms with Gasteiger partial charge in [-0.1, -0.05) is 12.1 Å². The third-order valence-corrected chi connectivity index (χ3v) is 5.20. The van der Waals surface area contributed by atoms with Crippen LogP contribution in [-0.4, -0.2) is 28.2 Å². The fraction of sp³-hybridized carbons (Fsp3) is 0.400. The molecule has 1 aromatic carbocycles. The number of H-pyrrole nitrogens is 1. The zero-order valence-electron chi connectivity index (χ0n) is 14.3. The fourth-order valence-corrected chi connectivity index (χ4v) is 3.97. The molecule has 1 aromatic heterocycles. The van der Waals surface area contributed by atoms with Gasteiger partial charge in [-0.3, -0.25) is 9.59 Å². The lowest BCUT2D eigenvalue weighted by Gasteiger charge is -2.24. The third-order valence-electron chi connectivity index (χ3n) is 5.20. The Morgan fingerprint density at radius 2 is 2.20 bits per heavy atom. The molecular formula is C20H23N3O2. The number of aromatic amines is 1. The summed E-state index contributed by atoms with van der Waals surface area (Å²) < 4.78 is 0. The van der Waals surface area contributed by atoms with Crippen molar-refractivity contribution in [3.05, 3.63) is 53.3 Å². The summed E-state index contributed by atoms with van der Waals surface area (Å²) >= 11 is 0. The first-order valence-electron chi connectivity index (χ1n) is 9.05. The molecule has 1 saturated heterocycles. The summed E-state index contributed by atoms with van der Waals surface area (Å²) in [5.74, 6) is 0.307. The van der Waals surface area contributed by atoms with Crippen LogP contribution in [0.2, 0.25) is 0 Å². The summed E-state index contributed by atoms with van der Waals surface area (Å²) in [7, 11) is 0. The van der Waals surface area contributed by atoms with E-state index in [2.05, 4.69) is 22.4 Å². The molecule has 1 fully saturated rings. The summed E-state index contributed by atoms with van der Waals surface area (Å²) in [4.78, 5) is 29.3. The number of fused-ring (bicyclic) bond motifs is 1. The van der Waals surface area contributed by atoms with Crippen LogP contribution in [0.4, 0.5) is 5.69 Å². The Balaban J connectivity index is 1.32. The van der Waals surface area contributed by atoms with E-state index in [4.69, 9.17) is 0 Å². The van der Waals surface area contributed by atoms with Gasteiger partial charge < -0.3 is 15.2 Å². The number of carbonyl (C=O) groups is 2. The molecule has 1 unspecified atom stereocenters. The minimum absolute atomic E-state index is 0.0618. The third kappa shape index (κ3) is 3.31. The van der Waals surface area contributed by atoms with E-state index < -0.39 is 0 Å². The van der Waals surface area contributed by atoms with Gasteiger partial charge >= 0.3 is 0 Å². The van der Waals surface area contributed by atoms with E-state index in [9.17, 15) is 9.59 Å². The van der Waals surface area contributed by atoms with Gasteiger partial charge in [-0.2, -0.15) is 0 Å². The van der Waals surface area contributed by atoms with E-state index in [-0.39, 0.29) is 17.9 Å². The SMILES string of the molecule is O=C1Cc2cc(CCCC(=O)N3CCCC3c3ccc[nH]3)ccc2N1. The van der Waals surface area contributed by atoms with Crippen molar-refractivity contribution in [2.75, 3.05) is 11.9 Å². The van der Waals surface area contributed by atoms with Crippen molar-refractivity contribution < 1.29 is 9.59 Å². The summed E-state index contributed by atoms with van der Waals surface area (Å²) in [5, 5.41) is 2.85. The smallest absolute Gasteiger partial charge is 0.228 e. The molecule has 25 heavy (non-hydrogen) atoms. The van der Waals surface area contributed by atoms with Crippen LogP contribution in [0.5, 0.6) is 0 Å². The number of hydrogen-bond donors (Lipinski definition) is 2. The number of amides is 2. The normalized spacial score (nSPS) is 19.1. The maximum atomic E-state index is 12.6. The van der Waals surface area contributed by atoms with E-state index in [1.54, 1.807) is 0 Å². The van der Waals surface area contributed by atoms with Gasteiger partial charge in [0.1, 0.15) is 0 Å². The Hall–Kier alpha value is -2.56. The second-order valence-electron chi connectivity index (χ2n) is 6.94. The number of aromatic nitrogens is 1. The summed E-state index contributed by atoms with van der Waals surface area (Å²) in [6.07, 6.45) is 6.78. The molecule has 2 aliphatic heterocycles. The van der Waals surface area contributed by atoms with Gasteiger partial charge in [-0.15, -0.1) is 0 Å². The van der Waals surface area contributed by atoms with Crippen molar-refractivity contribution in [3.8, 4) is 0 Å². The quantitative estimate of drug-likeness (QED) is 0.880. The van der Waals surface area contributed by atoms with Crippen molar-refractivity contribution in [3.63, 3.8) is 0 Å². The van der Waals surface area contributed by atoms with Crippen LogP contribution in [0.1, 0.15) is 48.5 Å². The summed E-state index contributed by atoms with van der Waals surface area (Å²) in [6.45, 7) is 0.856. The van der Waals surface area contributed by atoms with Crippen molar-refractivity contribution in [1.82, 2.24) is 9.88 Å². The van der Waals surface area contributed by atoms with E-state index in [0.29, 0.717) is 12.8 Å². The van der Waals surface area contributed by atoms with Crippen molar-refractivity contribution in [1.29, 1.82) is 0 Å². The first-order chi connectivity index (χ1) is 12.2. The Morgan fingerprint density at radius 3 is 3.04 bits per heavy atom.